The van der Waals surface area contributed by atoms with Crippen LogP contribution in [-0.2, 0) is 6.54 Å². The van der Waals surface area contributed by atoms with Crippen molar-refractivity contribution >= 4 is 0 Å². The number of hydrogen-bond acceptors (Lipinski definition) is 2. The Morgan fingerprint density at radius 3 is 2.44 bits per heavy atom. The summed E-state index contributed by atoms with van der Waals surface area (Å²) in [5.41, 5.74) is 2.36. The Hall–Kier alpha value is -1.33. The van der Waals surface area contributed by atoms with Crippen LogP contribution < -0.4 is 5.32 Å². The van der Waals surface area contributed by atoms with Gasteiger partial charge in [-0.15, -0.1) is 0 Å². The van der Waals surface area contributed by atoms with E-state index >= 15 is 0 Å². The molecule has 0 aromatic heterocycles. The number of nitrogens with zero attached hydrogens (tertiary/aromatic N) is 1. The maximum atomic E-state index is 8.86. The van der Waals surface area contributed by atoms with Crippen molar-refractivity contribution in [3.8, 4) is 6.07 Å². The first-order valence-electron chi connectivity index (χ1n) is 5.71. The normalized spacial score (nSPS) is 11.1. The van der Waals surface area contributed by atoms with E-state index in [1.807, 2.05) is 13.8 Å². The summed E-state index contributed by atoms with van der Waals surface area (Å²) in [6, 6.07) is 10.8. The van der Waals surface area contributed by atoms with Crippen molar-refractivity contribution in [1.82, 2.24) is 5.32 Å². The Labute approximate surface area is 98.3 Å². The Kier molecular flexibility index (Phi) is 4.52. The number of hydrogen-bond donors (Lipinski definition) is 1. The van der Waals surface area contributed by atoms with Crippen molar-refractivity contribution in [3.63, 3.8) is 0 Å². The van der Waals surface area contributed by atoms with E-state index in [0.29, 0.717) is 0 Å². The highest BCUT2D eigenvalue weighted by Crippen LogP contribution is 2.17. The summed E-state index contributed by atoms with van der Waals surface area (Å²) in [4.78, 5) is 0. The lowest BCUT2D eigenvalue weighted by Gasteiger charge is -2.15. The predicted molar refractivity (Wildman–Crippen MR) is 66.9 cm³/mol. The predicted octanol–water partition coefficient (Wildman–Crippen LogP) is 3.02. The second-order valence-corrected chi connectivity index (χ2v) is 4.91. The monoisotopic (exact) mass is 216 g/mol. The van der Waals surface area contributed by atoms with Gasteiger partial charge in [-0.05, 0) is 39.3 Å². The van der Waals surface area contributed by atoms with Gasteiger partial charge in [0.15, 0.2) is 0 Å². The summed E-state index contributed by atoms with van der Waals surface area (Å²) in [5.74, 6) is 0. The van der Waals surface area contributed by atoms with Crippen LogP contribution in [0.1, 0.15) is 31.4 Å². The van der Waals surface area contributed by atoms with Crippen molar-refractivity contribution < 1.29 is 0 Å². The Balaban J connectivity index is 2.27. The van der Waals surface area contributed by atoms with E-state index in [9.17, 15) is 0 Å². The first-order chi connectivity index (χ1) is 7.53. The summed E-state index contributed by atoms with van der Waals surface area (Å²) in [6.45, 7) is 7.80. The molecule has 1 aromatic carbocycles. The third-order valence-electron chi connectivity index (χ3n) is 2.68. The summed E-state index contributed by atoms with van der Waals surface area (Å²) in [7, 11) is 0. The van der Waals surface area contributed by atoms with Crippen molar-refractivity contribution in [2.45, 2.75) is 33.7 Å². The molecule has 0 amide bonds. The van der Waals surface area contributed by atoms with E-state index in [2.05, 4.69) is 42.6 Å². The molecule has 0 saturated carbocycles. The maximum Gasteiger partial charge on any atom is 0.0684 e. The van der Waals surface area contributed by atoms with E-state index in [0.717, 1.165) is 19.5 Å². The summed E-state index contributed by atoms with van der Waals surface area (Å²) >= 11 is 0. The number of nitriles is 1. The fraction of sp³-hybridized carbons (Fsp3) is 0.500. The van der Waals surface area contributed by atoms with Crippen LogP contribution in [0.15, 0.2) is 24.3 Å². The standard InChI is InChI=1S/C14H20N2/c1-12-4-6-13(7-5-12)10-16-9-8-14(2,3)11-15/h4-7,16H,8-10H2,1-3H3. The van der Waals surface area contributed by atoms with Crippen LogP contribution in [-0.4, -0.2) is 6.54 Å². The quantitative estimate of drug-likeness (QED) is 0.768. The van der Waals surface area contributed by atoms with Crippen LogP contribution in [0.5, 0.6) is 0 Å². The van der Waals surface area contributed by atoms with Crippen LogP contribution in [0.4, 0.5) is 0 Å². The number of nitrogens with one attached hydrogen (secondary N) is 1. The molecule has 1 N–H and O–H groups in total. The fourth-order valence-electron chi connectivity index (χ4n) is 1.40. The van der Waals surface area contributed by atoms with Gasteiger partial charge in [0.1, 0.15) is 0 Å². The zero-order chi connectivity index (χ0) is 12.0. The molecule has 1 aromatic rings. The van der Waals surface area contributed by atoms with Gasteiger partial charge in [0, 0.05) is 6.54 Å². The van der Waals surface area contributed by atoms with Crippen LogP contribution in [0.25, 0.3) is 0 Å². The molecule has 0 aliphatic carbocycles. The minimum Gasteiger partial charge on any atom is -0.313 e. The van der Waals surface area contributed by atoms with Crippen LogP contribution in [0.3, 0.4) is 0 Å². The number of aryl methyl sites for hydroxylation is 1. The molecule has 0 radical (unpaired) electrons. The van der Waals surface area contributed by atoms with Gasteiger partial charge in [-0.3, -0.25) is 0 Å². The zero-order valence-corrected chi connectivity index (χ0v) is 10.4. The Morgan fingerprint density at radius 2 is 1.88 bits per heavy atom. The molecule has 16 heavy (non-hydrogen) atoms. The largest absolute Gasteiger partial charge is 0.313 e. The van der Waals surface area contributed by atoms with Gasteiger partial charge in [0.25, 0.3) is 0 Å². The molecular weight excluding hydrogens is 196 g/mol. The second-order valence-electron chi connectivity index (χ2n) is 4.91. The lowest BCUT2D eigenvalue weighted by atomic mass is 9.91. The molecule has 0 heterocycles. The fourth-order valence-corrected chi connectivity index (χ4v) is 1.40. The molecule has 0 atom stereocenters. The average Bonchev–Trinajstić information content (AvgIpc) is 2.27. The van der Waals surface area contributed by atoms with Gasteiger partial charge in [0.05, 0.1) is 11.5 Å². The zero-order valence-electron chi connectivity index (χ0n) is 10.4. The second kappa shape index (κ2) is 5.67. The van der Waals surface area contributed by atoms with Crippen molar-refractivity contribution in [1.29, 1.82) is 5.26 Å². The smallest absolute Gasteiger partial charge is 0.0684 e. The van der Waals surface area contributed by atoms with Crippen molar-refractivity contribution in [2.75, 3.05) is 6.54 Å². The third-order valence-corrected chi connectivity index (χ3v) is 2.68. The van der Waals surface area contributed by atoms with E-state index in [1.165, 1.54) is 11.1 Å². The van der Waals surface area contributed by atoms with Crippen molar-refractivity contribution in [3.05, 3.63) is 35.4 Å². The van der Waals surface area contributed by atoms with Gasteiger partial charge in [-0.25, -0.2) is 0 Å². The molecule has 0 unspecified atom stereocenters. The minimum absolute atomic E-state index is 0.222. The first kappa shape index (κ1) is 12.7. The molecule has 0 bridgehead atoms. The summed E-state index contributed by atoms with van der Waals surface area (Å²) in [5, 5.41) is 12.2. The van der Waals surface area contributed by atoms with Gasteiger partial charge >= 0.3 is 0 Å². The number of rotatable bonds is 5. The van der Waals surface area contributed by atoms with E-state index in [-0.39, 0.29) is 5.41 Å². The van der Waals surface area contributed by atoms with E-state index in [1.54, 1.807) is 0 Å². The average molecular weight is 216 g/mol. The molecule has 0 saturated heterocycles. The highest BCUT2D eigenvalue weighted by molar-refractivity contribution is 5.21. The van der Waals surface area contributed by atoms with Crippen LogP contribution in [0, 0.1) is 23.7 Å². The highest BCUT2D eigenvalue weighted by Gasteiger charge is 2.15. The van der Waals surface area contributed by atoms with Gasteiger partial charge in [-0.2, -0.15) is 5.26 Å². The SMILES string of the molecule is Cc1ccc(CNCCC(C)(C)C#N)cc1. The van der Waals surface area contributed by atoms with Crippen LogP contribution in [0.2, 0.25) is 0 Å². The van der Waals surface area contributed by atoms with Crippen molar-refractivity contribution in [2.24, 2.45) is 5.41 Å². The molecule has 2 nitrogen and oxygen atoms in total. The Bertz CT molecular complexity index is 357. The molecule has 86 valence electrons. The summed E-state index contributed by atoms with van der Waals surface area (Å²) in [6.07, 6.45) is 0.884. The molecular formula is C14H20N2. The number of benzene rings is 1. The third kappa shape index (κ3) is 4.46. The lowest BCUT2D eigenvalue weighted by molar-refractivity contribution is 0.432. The molecule has 0 fully saturated rings. The summed E-state index contributed by atoms with van der Waals surface area (Å²) < 4.78 is 0. The first-order valence-corrected chi connectivity index (χ1v) is 5.71. The highest BCUT2D eigenvalue weighted by atomic mass is 14.8. The van der Waals surface area contributed by atoms with Gasteiger partial charge < -0.3 is 5.32 Å². The maximum absolute atomic E-state index is 8.86. The molecule has 0 spiro atoms. The van der Waals surface area contributed by atoms with Gasteiger partial charge in [-0.1, -0.05) is 29.8 Å². The minimum atomic E-state index is -0.222. The van der Waals surface area contributed by atoms with E-state index in [4.69, 9.17) is 5.26 Å². The molecule has 0 aliphatic heterocycles. The topological polar surface area (TPSA) is 35.8 Å². The Morgan fingerprint density at radius 1 is 1.25 bits per heavy atom. The van der Waals surface area contributed by atoms with E-state index < -0.39 is 0 Å². The lowest BCUT2D eigenvalue weighted by Crippen LogP contribution is -2.21. The van der Waals surface area contributed by atoms with Gasteiger partial charge in [0.2, 0.25) is 0 Å². The molecule has 0 aliphatic rings. The molecule has 2 heteroatoms. The van der Waals surface area contributed by atoms with Crippen LogP contribution >= 0.6 is 0 Å². The molecule has 1 rings (SSSR count).